The molecule has 0 aliphatic heterocycles. The Balaban J connectivity index is 3.31. The lowest BCUT2D eigenvalue weighted by Gasteiger charge is -2.17. The highest BCUT2D eigenvalue weighted by molar-refractivity contribution is 7.89. The van der Waals surface area contributed by atoms with Gasteiger partial charge in [0.25, 0.3) is 0 Å². The number of sulfonamides is 1. The Bertz CT molecular complexity index is 585. The van der Waals surface area contributed by atoms with Crippen LogP contribution in [0.5, 0.6) is 5.75 Å². The Morgan fingerprint density at radius 2 is 2.00 bits per heavy atom. The summed E-state index contributed by atoms with van der Waals surface area (Å²) in [7, 11) is -1.05. The number of carboxylic acids is 1. The number of nitrogens with zero attached hydrogens (tertiary/aromatic N) is 1. The molecule has 19 heavy (non-hydrogen) atoms. The zero-order valence-corrected chi connectivity index (χ0v) is 12.2. The van der Waals surface area contributed by atoms with Gasteiger partial charge in [-0.25, -0.2) is 17.5 Å². The monoisotopic (exact) mass is 307 g/mol. The van der Waals surface area contributed by atoms with Gasteiger partial charge in [-0.2, -0.15) is 0 Å². The van der Waals surface area contributed by atoms with Crippen molar-refractivity contribution < 1.29 is 23.1 Å². The summed E-state index contributed by atoms with van der Waals surface area (Å²) in [5.74, 6) is -1.24. The zero-order valence-electron chi connectivity index (χ0n) is 10.6. The maximum Gasteiger partial charge on any atom is 0.344 e. The maximum atomic E-state index is 12.1. The van der Waals surface area contributed by atoms with Crippen LogP contribution in [0.3, 0.4) is 0 Å². The molecule has 6 nitrogen and oxygen atoms in total. The van der Waals surface area contributed by atoms with E-state index in [9.17, 15) is 13.2 Å². The van der Waals surface area contributed by atoms with Crippen molar-refractivity contribution in [3.05, 3.63) is 23.2 Å². The van der Waals surface area contributed by atoms with E-state index in [2.05, 4.69) is 0 Å². The first kappa shape index (κ1) is 15.7. The van der Waals surface area contributed by atoms with Crippen molar-refractivity contribution in [3.63, 3.8) is 0 Å². The average Bonchev–Trinajstić information content (AvgIpc) is 2.30. The molecule has 1 aromatic rings. The Labute approximate surface area is 116 Å². The standard InChI is InChI=1S/C11H14ClNO5S/c1-7(11(14)15)18-9-5-4-8(12)6-10(9)19(16,17)13(2)3/h4-7H,1-3H3,(H,14,15). The third-order valence-corrected chi connectivity index (χ3v) is 4.39. The molecule has 0 aliphatic rings. The fraction of sp³-hybridized carbons (Fsp3) is 0.364. The van der Waals surface area contributed by atoms with Crippen LogP contribution in [0.2, 0.25) is 5.02 Å². The van der Waals surface area contributed by atoms with Crippen molar-refractivity contribution in [2.45, 2.75) is 17.9 Å². The van der Waals surface area contributed by atoms with Gasteiger partial charge in [-0.1, -0.05) is 11.6 Å². The van der Waals surface area contributed by atoms with Crippen LogP contribution in [-0.2, 0) is 14.8 Å². The summed E-state index contributed by atoms with van der Waals surface area (Å²) in [6, 6.07) is 3.99. The predicted octanol–water partition coefficient (Wildman–Crippen LogP) is 1.44. The van der Waals surface area contributed by atoms with E-state index in [1.807, 2.05) is 0 Å². The number of hydrogen-bond acceptors (Lipinski definition) is 4. The van der Waals surface area contributed by atoms with Crippen LogP contribution in [0.1, 0.15) is 6.92 Å². The molecular formula is C11H14ClNO5S. The summed E-state index contributed by atoms with van der Waals surface area (Å²) in [5.41, 5.74) is 0. The summed E-state index contributed by atoms with van der Waals surface area (Å²) in [6.07, 6.45) is -1.17. The zero-order chi connectivity index (χ0) is 14.8. The number of aliphatic carboxylic acids is 1. The minimum atomic E-state index is -3.77. The predicted molar refractivity (Wildman–Crippen MR) is 70.1 cm³/mol. The Kier molecular flexibility index (Phi) is 4.78. The van der Waals surface area contributed by atoms with Crippen LogP contribution >= 0.6 is 11.6 Å². The van der Waals surface area contributed by atoms with Gasteiger partial charge >= 0.3 is 5.97 Å². The molecule has 0 bridgehead atoms. The van der Waals surface area contributed by atoms with Crippen molar-refractivity contribution in [2.24, 2.45) is 0 Å². The van der Waals surface area contributed by atoms with Crippen molar-refractivity contribution in [3.8, 4) is 5.75 Å². The van der Waals surface area contributed by atoms with E-state index in [0.29, 0.717) is 0 Å². The van der Waals surface area contributed by atoms with Crippen LogP contribution in [-0.4, -0.2) is 44.0 Å². The molecule has 1 unspecified atom stereocenters. The number of hydrogen-bond donors (Lipinski definition) is 1. The van der Waals surface area contributed by atoms with Gasteiger partial charge in [0.05, 0.1) is 0 Å². The molecule has 1 aromatic carbocycles. The molecule has 0 spiro atoms. The Hall–Kier alpha value is -1.31. The third-order valence-electron chi connectivity index (χ3n) is 2.32. The van der Waals surface area contributed by atoms with E-state index in [1.165, 1.54) is 39.2 Å². The fourth-order valence-corrected chi connectivity index (χ4v) is 2.49. The average molecular weight is 308 g/mol. The molecule has 0 aliphatic carbocycles. The van der Waals surface area contributed by atoms with Gasteiger partial charge in [0, 0.05) is 19.1 Å². The molecule has 0 saturated carbocycles. The summed E-state index contributed by atoms with van der Waals surface area (Å²) >= 11 is 5.77. The quantitative estimate of drug-likeness (QED) is 0.890. The molecule has 0 amide bonds. The van der Waals surface area contributed by atoms with E-state index in [4.69, 9.17) is 21.4 Å². The van der Waals surface area contributed by atoms with Crippen LogP contribution in [0.25, 0.3) is 0 Å². The van der Waals surface area contributed by atoms with E-state index < -0.39 is 22.1 Å². The number of benzene rings is 1. The molecule has 0 saturated heterocycles. The van der Waals surface area contributed by atoms with E-state index >= 15 is 0 Å². The minimum absolute atomic E-state index is 0.0481. The molecule has 0 radical (unpaired) electrons. The normalized spacial score (nSPS) is 13.3. The molecule has 106 valence electrons. The lowest BCUT2D eigenvalue weighted by molar-refractivity contribution is -0.144. The molecule has 1 N–H and O–H groups in total. The number of rotatable bonds is 5. The summed E-state index contributed by atoms with van der Waals surface area (Å²) in [6.45, 7) is 1.31. The van der Waals surface area contributed by atoms with Gasteiger partial charge in [-0.05, 0) is 25.1 Å². The van der Waals surface area contributed by atoms with Crippen molar-refractivity contribution in [2.75, 3.05) is 14.1 Å². The fourth-order valence-electron chi connectivity index (χ4n) is 1.22. The molecule has 8 heteroatoms. The van der Waals surface area contributed by atoms with Gasteiger partial charge in [-0.3, -0.25) is 0 Å². The maximum absolute atomic E-state index is 12.1. The second-order valence-electron chi connectivity index (χ2n) is 3.98. The number of carboxylic acid groups (broad SMARTS) is 1. The smallest absolute Gasteiger partial charge is 0.344 e. The highest BCUT2D eigenvalue weighted by Gasteiger charge is 2.25. The third kappa shape index (κ3) is 3.59. The van der Waals surface area contributed by atoms with Gasteiger partial charge in [0.15, 0.2) is 6.10 Å². The SMILES string of the molecule is CC(Oc1ccc(Cl)cc1S(=O)(=O)N(C)C)C(=O)O. The topological polar surface area (TPSA) is 83.9 Å². The van der Waals surface area contributed by atoms with Crippen LogP contribution in [0.15, 0.2) is 23.1 Å². The van der Waals surface area contributed by atoms with Gasteiger partial charge < -0.3 is 9.84 Å². The highest BCUT2D eigenvalue weighted by Crippen LogP contribution is 2.29. The molecule has 0 aromatic heterocycles. The lowest BCUT2D eigenvalue weighted by Crippen LogP contribution is -2.26. The molecule has 1 rings (SSSR count). The van der Waals surface area contributed by atoms with Gasteiger partial charge in [-0.15, -0.1) is 0 Å². The first-order valence-corrected chi connectivity index (χ1v) is 7.09. The van der Waals surface area contributed by atoms with Crippen molar-refractivity contribution in [1.29, 1.82) is 0 Å². The van der Waals surface area contributed by atoms with Gasteiger partial charge in [0.1, 0.15) is 10.6 Å². The summed E-state index contributed by atoms with van der Waals surface area (Å²) in [5, 5.41) is 9.01. The minimum Gasteiger partial charge on any atom is -0.479 e. The largest absolute Gasteiger partial charge is 0.479 e. The number of carbonyl (C=O) groups is 1. The molecular weight excluding hydrogens is 294 g/mol. The Morgan fingerprint density at radius 3 is 2.47 bits per heavy atom. The van der Waals surface area contributed by atoms with Crippen molar-refractivity contribution >= 4 is 27.6 Å². The van der Waals surface area contributed by atoms with Crippen LogP contribution < -0.4 is 4.74 Å². The Morgan fingerprint density at radius 1 is 1.42 bits per heavy atom. The second kappa shape index (κ2) is 5.77. The number of halogens is 1. The van der Waals surface area contributed by atoms with Crippen LogP contribution in [0.4, 0.5) is 0 Å². The lowest BCUT2D eigenvalue weighted by atomic mass is 10.3. The first-order chi connectivity index (χ1) is 8.66. The molecule has 0 heterocycles. The molecule has 1 atom stereocenters. The van der Waals surface area contributed by atoms with Gasteiger partial charge in [0.2, 0.25) is 10.0 Å². The first-order valence-electron chi connectivity index (χ1n) is 5.28. The molecule has 0 fully saturated rings. The number of ether oxygens (including phenoxy) is 1. The van der Waals surface area contributed by atoms with Crippen molar-refractivity contribution in [1.82, 2.24) is 4.31 Å². The summed E-state index contributed by atoms with van der Waals surface area (Å²) in [4.78, 5) is 10.6. The van der Waals surface area contributed by atoms with Crippen LogP contribution in [0, 0.1) is 0 Å². The second-order valence-corrected chi connectivity index (χ2v) is 6.53. The highest BCUT2D eigenvalue weighted by atomic mass is 35.5. The van der Waals surface area contributed by atoms with E-state index in [0.717, 1.165) is 4.31 Å². The summed E-state index contributed by atoms with van der Waals surface area (Å²) < 4.78 is 30.3. The van der Waals surface area contributed by atoms with E-state index in [-0.39, 0.29) is 15.7 Å². The van der Waals surface area contributed by atoms with E-state index in [1.54, 1.807) is 0 Å².